The lowest BCUT2D eigenvalue weighted by atomic mass is 10.1. The number of hydrogen-bond acceptors (Lipinski definition) is 5. The summed E-state index contributed by atoms with van der Waals surface area (Å²) < 4.78 is 5.24. The van der Waals surface area contributed by atoms with Crippen LogP contribution in [-0.4, -0.2) is 40.1 Å². The zero-order valence-electron chi connectivity index (χ0n) is 15.0. The van der Waals surface area contributed by atoms with E-state index < -0.39 is 0 Å². The second-order valence-electron chi connectivity index (χ2n) is 6.88. The summed E-state index contributed by atoms with van der Waals surface area (Å²) in [6.45, 7) is 6.47. The summed E-state index contributed by atoms with van der Waals surface area (Å²) in [6.07, 6.45) is 2.62. The second-order valence-corrected chi connectivity index (χ2v) is 6.88. The molecule has 1 saturated heterocycles. The van der Waals surface area contributed by atoms with E-state index in [9.17, 15) is 4.79 Å². The van der Waals surface area contributed by atoms with Crippen LogP contribution in [0.25, 0.3) is 10.8 Å². The average Bonchev–Trinajstić information content (AvgIpc) is 3.22. The topological polar surface area (TPSA) is 71.3 Å². The molecule has 0 radical (unpaired) electrons. The van der Waals surface area contributed by atoms with E-state index in [-0.39, 0.29) is 11.9 Å². The van der Waals surface area contributed by atoms with Gasteiger partial charge in [0.1, 0.15) is 11.5 Å². The Morgan fingerprint density at radius 3 is 2.96 bits per heavy atom. The van der Waals surface area contributed by atoms with Crippen LogP contribution in [-0.2, 0) is 6.54 Å². The van der Waals surface area contributed by atoms with Crippen molar-refractivity contribution >= 4 is 16.7 Å². The number of pyridine rings is 1. The lowest BCUT2D eigenvalue weighted by Crippen LogP contribution is -2.37. The number of carbonyl (C=O) groups excluding carboxylic acids is 1. The van der Waals surface area contributed by atoms with E-state index in [1.807, 2.05) is 44.2 Å². The van der Waals surface area contributed by atoms with Crippen LogP contribution in [0.1, 0.15) is 33.9 Å². The van der Waals surface area contributed by atoms with Crippen molar-refractivity contribution < 1.29 is 9.32 Å². The van der Waals surface area contributed by atoms with Crippen LogP contribution < -0.4 is 5.32 Å². The summed E-state index contributed by atoms with van der Waals surface area (Å²) in [7, 11) is 0. The molecule has 3 aromatic rings. The van der Waals surface area contributed by atoms with E-state index in [0.29, 0.717) is 5.69 Å². The predicted molar refractivity (Wildman–Crippen MR) is 98.9 cm³/mol. The number of amides is 1. The zero-order chi connectivity index (χ0) is 18.1. The van der Waals surface area contributed by atoms with E-state index in [4.69, 9.17) is 4.52 Å². The zero-order valence-corrected chi connectivity index (χ0v) is 15.0. The van der Waals surface area contributed by atoms with Crippen molar-refractivity contribution in [1.82, 2.24) is 20.4 Å². The Morgan fingerprint density at radius 1 is 1.31 bits per heavy atom. The predicted octanol–water partition coefficient (Wildman–Crippen LogP) is 2.84. The van der Waals surface area contributed by atoms with Crippen LogP contribution in [0.4, 0.5) is 0 Å². The fraction of sp³-hybridized carbons (Fsp3) is 0.350. The smallest absolute Gasteiger partial charge is 0.270 e. The summed E-state index contributed by atoms with van der Waals surface area (Å²) in [5, 5.41) is 9.07. The van der Waals surface area contributed by atoms with Crippen LogP contribution in [0.3, 0.4) is 0 Å². The summed E-state index contributed by atoms with van der Waals surface area (Å²) in [6, 6.07) is 9.89. The molecule has 1 unspecified atom stereocenters. The van der Waals surface area contributed by atoms with E-state index in [2.05, 4.69) is 20.4 Å². The molecule has 0 saturated carbocycles. The van der Waals surface area contributed by atoms with Crippen molar-refractivity contribution in [3.8, 4) is 0 Å². The monoisotopic (exact) mass is 350 g/mol. The van der Waals surface area contributed by atoms with Crippen LogP contribution in [0.2, 0.25) is 0 Å². The molecule has 1 amide bonds. The largest absolute Gasteiger partial charge is 0.361 e. The fourth-order valence-corrected chi connectivity index (χ4v) is 3.60. The van der Waals surface area contributed by atoms with Gasteiger partial charge in [0, 0.05) is 42.8 Å². The number of carbonyl (C=O) groups is 1. The highest BCUT2D eigenvalue weighted by atomic mass is 16.5. The molecule has 6 heteroatoms. The van der Waals surface area contributed by atoms with Gasteiger partial charge in [-0.2, -0.15) is 0 Å². The van der Waals surface area contributed by atoms with E-state index in [1.54, 1.807) is 6.20 Å². The van der Waals surface area contributed by atoms with Crippen molar-refractivity contribution in [3.63, 3.8) is 0 Å². The van der Waals surface area contributed by atoms with Crippen molar-refractivity contribution in [1.29, 1.82) is 0 Å². The number of nitrogens with zero attached hydrogens (tertiary/aromatic N) is 3. The van der Waals surface area contributed by atoms with Crippen LogP contribution in [0, 0.1) is 13.8 Å². The highest BCUT2D eigenvalue weighted by Crippen LogP contribution is 2.20. The molecule has 4 rings (SSSR count). The first kappa shape index (κ1) is 16.7. The summed E-state index contributed by atoms with van der Waals surface area (Å²) in [4.78, 5) is 19.4. The van der Waals surface area contributed by atoms with E-state index in [0.717, 1.165) is 53.8 Å². The van der Waals surface area contributed by atoms with Gasteiger partial charge in [0.2, 0.25) is 0 Å². The molecule has 0 spiro atoms. The first-order chi connectivity index (χ1) is 12.6. The third-order valence-electron chi connectivity index (χ3n) is 5.06. The molecular weight excluding hydrogens is 328 g/mol. The van der Waals surface area contributed by atoms with Crippen molar-refractivity contribution in [3.05, 3.63) is 59.2 Å². The Bertz CT molecular complexity index is 925. The van der Waals surface area contributed by atoms with Gasteiger partial charge in [0.15, 0.2) is 0 Å². The van der Waals surface area contributed by atoms with Crippen molar-refractivity contribution in [2.24, 2.45) is 0 Å². The molecule has 1 N–H and O–H groups in total. The van der Waals surface area contributed by atoms with Gasteiger partial charge in [-0.3, -0.25) is 14.7 Å². The molecule has 3 heterocycles. The van der Waals surface area contributed by atoms with Gasteiger partial charge >= 0.3 is 0 Å². The molecule has 1 atom stereocenters. The minimum Gasteiger partial charge on any atom is -0.361 e. The fourth-order valence-electron chi connectivity index (χ4n) is 3.60. The van der Waals surface area contributed by atoms with E-state index in [1.165, 1.54) is 0 Å². The minimum absolute atomic E-state index is 0.106. The van der Waals surface area contributed by atoms with Gasteiger partial charge < -0.3 is 9.84 Å². The summed E-state index contributed by atoms with van der Waals surface area (Å²) in [5.41, 5.74) is 2.58. The minimum atomic E-state index is -0.106. The summed E-state index contributed by atoms with van der Waals surface area (Å²) >= 11 is 0. The SMILES string of the molecule is Cc1noc(C)c1CN1CCC(NC(=O)c2nccc3ccccc23)C1. The number of aryl methyl sites for hydroxylation is 2. The molecular formula is C20H22N4O2. The lowest BCUT2D eigenvalue weighted by molar-refractivity contribution is 0.0934. The number of likely N-dealkylation sites (tertiary alicyclic amines) is 1. The molecule has 1 fully saturated rings. The maximum atomic E-state index is 12.7. The van der Waals surface area contributed by atoms with Gasteiger partial charge in [-0.15, -0.1) is 0 Å². The molecule has 6 nitrogen and oxygen atoms in total. The maximum Gasteiger partial charge on any atom is 0.270 e. The number of nitrogens with one attached hydrogen (secondary N) is 1. The number of fused-ring (bicyclic) bond motifs is 1. The molecule has 1 aromatic carbocycles. The van der Waals surface area contributed by atoms with Crippen LogP contribution >= 0.6 is 0 Å². The van der Waals surface area contributed by atoms with Crippen molar-refractivity contribution in [2.45, 2.75) is 32.9 Å². The standard InChI is InChI=1S/C20H22N4O2/c1-13-18(14(2)26-23-13)12-24-10-8-16(11-24)22-20(25)19-17-6-4-3-5-15(17)7-9-21-19/h3-7,9,16H,8,10-12H2,1-2H3,(H,22,25). The van der Waals surface area contributed by atoms with Gasteiger partial charge in [0.25, 0.3) is 5.91 Å². The van der Waals surface area contributed by atoms with Gasteiger partial charge in [-0.05, 0) is 31.7 Å². The molecule has 134 valence electrons. The third-order valence-corrected chi connectivity index (χ3v) is 5.06. The Kier molecular flexibility index (Phi) is 4.42. The Balaban J connectivity index is 1.43. The van der Waals surface area contributed by atoms with Crippen molar-refractivity contribution in [2.75, 3.05) is 13.1 Å². The van der Waals surface area contributed by atoms with Crippen LogP contribution in [0.5, 0.6) is 0 Å². The maximum absolute atomic E-state index is 12.7. The molecule has 0 bridgehead atoms. The first-order valence-corrected chi connectivity index (χ1v) is 8.90. The normalized spacial score (nSPS) is 17.7. The molecule has 0 aliphatic carbocycles. The van der Waals surface area contributed by atoms with Gasteiger partial charge in [-0.1, -0.05) is 29.4 Å². The number of rotatable bonds is 4. The van der Waals surface area contributed by atoms with E-state index >= 15 is 0 Å². The number of aromatic nitrogens is 2. The summed E-state index contributed by atoms with van der Waals surface area (Å²) in [5.74, 6) is 0.765. The average molecular weight is 350 g/mol. The highest BCUT2D eigenvalue weighted by Gasteiger charge is 2.26. The molecule has 1 aliphatic rings. The van der Waals surface area contributed by atoms with Gasteiger partial charge in [0.05, 0.1) is 5.69 Å². The first-order valence-electron chi connectivity index (χ1n) is 8.90. The highest BCUT2D eigenvalue weighted by molar-refractivity contribution is 6.05. The number of hydrogen-bond donors (Lipinski definition) is 1. The third kappa shape index (κ3) is 3.20. The van der Waals surface area contributed by atoms with Gasteiger partial charge in [-0.25, -0.2) is 0 Å². The quantitative estimate of drug-likeness (QED) is 0.783. The van der Waals surface area contributed by atoms with Crippen LogP contribution in [0.15, 0.2) is 41.1 Å². The Hall–Kier alpha value is -2.73. The molecule has 2 aromatic heterocycles. The molecule has 26 heavy (non-hydrogen) atoms. The molecule has 1 aliphatic heterocycles. The lowest BCUT2D eigenvalue weighted by Gasteiger charge is -2.16. The Morgan fingerprint density at radius 2 is 2.15 bits per heavy atom. The number of benzene rings is 1. The Labute approximate surface area is 152 Å². The second kappa shape index (κ2) is 6.88.